The van der Waals surface area contributed by atoms with Crippen molar-refractivity contribution >= 4 is 15.9 Å². The van der Waals surface area contributed by atoms with Gasteiger partial charge in [0.25, 0.3) is 0 Å². The molecule has 1 aromatic rings. The molecule has 1 unspecified atom stereocenters. The van der Waals surface area contributed by atoms with Crippen LogP contribution in [0.5, 0.6) is 0 Å². The number of halogens is 1. The molecule has 0 aliphatic carbocycles. The van der Waals surface area contributed by atoms with Gasteiger partial charge in [0, 0.05) is 17.6 Å². The minimum Gasteiger partial charge on any atom is -0.273 e. The van der Waals surface area contributed by atoms with Crippen LogP contribution in [0.3, 0.4) is 0 Å². The Balaban J connectivity index is 2.80. The molecule has 0 saturated carbocycles. The van der Waals surface area contributed by atoms with Gasteiger partial charge in [0.2, 0.25) is 0 Å². The zero-order chi connectivity index (χ0) is 10.8. The standard InChI is InChI=1S/C11H19BrN2/c1-5-14-8-10(7-13-14)11(3,4)6-9(2)12/h7-9H,5-6H2,1-4H3. The Morgan fingerprint density at radius 1 is 1.57 bits per heavy atom. The molecule has 0 radical (unpaired) electrons. The third-order valence-electron chi connectivity index (χ3n) is 2.53. The Bertz CT molecular complexity index is 289. The Labute approximate surface area is 94.8 Å². The first-order chi connectivity index (χ1) is 6.45. The zero-order valence-corrected chi connectivity index (χ0v) is 11.0. The Morgan fingerprint density at radius 3 is 2.64 bits per heavy atom. The highest BCUT2D eigenvalue weighted by Gasteiger charge is 2.23. The summed E-state index contributed by atoms with van der Waals surface area (Å²) in [7, 11) is 0. The van der Waals surface area contributed by atoms with E-state index in [-0.39, 0.29) is 5.41 Å². The van der Waals surface area contributed by atoms with Crippen molar-refractivity contribution in [3.63, 3.8) is 0 Å². The number of alkyl halides is 1. The van der Waals surface area contributed by atoms with Crippen molar-refractivity contribution in [2.75, 3.05) is 0 Å². The van der Waals surface area contributed by atoms with Crippen LogP contribution in [-0.2, 0) is 12.0 Å². The van der Waals surface area contributed by atoms with Crippen LogP contribution in [0.2, 0.25) is 0 Å². The SMILES string of the molecule is CCn1cc(C(C)(C)CC(C)Br)cn1. The van der Waals surface area contributed by atoms with E-state index in [4.69, 9.17) is 0 Å². The minimum atomic E-state index is 0.205. The second-order valence-electron chi connectivity index (χ2n) is 4.45. The van der Waals surface area contributed by atoms with Gasteiger partial charge in [-0.05, 0) is 24.3 Å². The van der Waals surface area contributed by atoms with Gasteiger partial charge >= 0.3 is 0 Å². The second-order valence-corrected chi connectivity index (χ2v) is 6.02. The lowest BCUT2D eigenvalue weighted by Gasteiger charge is -2.24. The van der Waals surface area contributed by atoms with E-state index in [0.717, 1.165) is 13.0 Å². The molecule has 2 nitrogen and oxygen atoms in total. The largest absolute Gasteiger partial charge is 0.273 e. The highest BCUT2D eigenvalue weighted by molar-refractivity contribution is 9.09. The van der Waals surface area contributed by atoms with Gasteiger partial charge < -0.3 is 0 Å². The van der Waals surface area contributed by atoms with Crippen molar-refractivity contribution in [3.8, 4) is 0 Å². The van der Waals surface area contributed by atoms with Gasteiger partial charge in [-0.1, -0.05) is 36.7 Å². The number of hydrogen-bond donors (Lipinski definition) is 0. The number of aryl methyl sites for hydroxylation is 1. The number of rotatable bonds is 4. The molecule has 0 N–H and O–H groups in total. The molecule has 80 valence electrons. The highest BCUT2D eigenvalue weighted by atomic mass is 79.9. The van der Waals surface area contributed by atoms with E-state index in [1.807, 2.05) is 10.9 Å². The third-order valence-corrected chi connectivity index (χ3v) is 2.85. The van der Waals surface area contributed by atoms with Crippen LogP contribution in [0.1, 0.15) is 39.7 Å². The predicted molar refractivity (Wildman–Crippen MR) is 63.9 cm³/mol. The monoisotopic (exact) mass is 258 g/mol. The molecule has 0 aliphatic heterocycles. The highest BCUT2D eigenvalue weighted by Crippen LogP contribution is 2.29. The first-order valence-electron chi connectivity index (χ1n) is 5.12. The summed E-state index contributed by atoms with van der Waals surface area (Å²) in [6, 6.07) is 0. The van der Waals surface area contributed by atoms with Gasteiger partial charge in [0.15, 0.2) is 0 Å². The fourth-order valence-corrected chi connectivity index (χ4v) is 2.52. The number of hydrogen-bond acceptors (Lipinski definition) is 1. The number of aromatic nitrogens is 2. The van der Waals surface area contributed by atoms with E-state index in [0.29, 0.717) is 4.83 Å². The van der Waals surface area contributed by atoms with Crippen LogP contribution in [0.4, 0.5) is 0 Å². The molecule has 0 spiro atoms. The summed E-state index contributed by atoms with van der Waals surface area (Å²) in [5.41, 5.74) is 1.53. The van der Waals surface area contributed by atoms with E-state index in [1.54, 1.807) is 0 Å². The fourth-order valence-electron chi connectivity index (χ4n) is 1.71. The average Bonchev–Trinajstić information content (AvgIpc) is 2.49. The molecular weight excluding hydrogens is 240 g/mol. The van der Waals surface area contributed by atoms with Crippen molar-refractivity contribution < 1.29 is 0 Å². The van der Waals surface area contributed by atoms with Crippen LogP contribution in [-0.4, -0.2) is 14.6 Å². The van der Waals surface area contributed by atoms with Gasteiger partial charge in [-0.3, -0.25) is 4.68 Å². The predicted octanol–water partition coefficient (Wildman–Crippen LogP) is 3.35. The molecular formula is C11H19BrN2. The van der Waals surface area contributed by atoms with Crippen molar-refractivity contribution in [2.24, 2.45) is 0 Å². The van der Waals surface area contributed by atoms with Gasteiger partial charge in [-0.2, -0.15) is 5.10 Å². The fraction of sp³-hybridized carbons (Fsp3) is 0.727. The van der Waals surface area contributed by atoms with Crippen molar-refractivity contribution in [1.29, 1.82) is 0 Å². The molecule has 14 heavy (non-hydrogen) atoms. The van der Waals surface area contributed by atoms with E-state index >= 15 is 0 Å². The smallest absolute Gasteiger partial charge is 0.0527 e. The van der Waals surface area contributed by atoms with Crippen LogP contribution < -0.4 is 0 Å². The van der Waals surface area contributed by atoms with E-state index in [9.17, 15) is 0 Å². The van der Waals surface area contributed by atoms with E-state index < -0.39 is 0 Å². The summed E-state index contributed by atoms with van der Waals surface area (Å²) in [5, 5.41) is 4.31. The summed E-state index contributed by atoms with van der Waals surface area (Å²) < 4.78 is 1.98. The topological polar surface area (TPSA) is 17.8 Å². The molecule has 1 heterocycles. The summed E-state index contributed by atoms with van der Waals surface area (Å²) >= 11 is 3.60. The molecule has 1 atom stereocenters. The van der Waals surface area contributed by atoms with Crippen LogP contribution in [0.15, 0.2) is 12.4 Å². The second kappa shape index (κ2) is 4.47. The first kappa shape index (κ1) is 11.8. The van der Waals surface area contributed by atoms with E-state index in [1.165, 1.54) is 5.56 Å². The van der Waals surface area contributed by atoms with Gasteiger partial charge in [0.1, 0.15) is 0 Å². The molecule has 0 bridgehead atoms. The molecule has 1 aromatic heterocycles. The average molecular weight is 259 g/mol. The van der Waals surface area contributed by atoms with Crippen LogP contribution in [0, 0.1) is 0 Å². The normalized spacial score (nSPS) is 14.4. The molecule has 1 rings (SSSR count). The number of nitrogens with zero attached hydrogens (tertiary/aromatic N) is 2. The molecule has 0 amide bonds. The van der Waals surface area contributed by atoms with Crippen molar-refractivity contribution in [2.45, 2.75) is 50.9 Å². The van der Waals surface area contributed by atoms with Gasteiger partial charge in [-0.15, -0.1) is 0 Å². The van der Waals surface area contributed by atoms with E-state index in [2.05, 4.69) is 54.9 Å². The summed E-state index contributed by atoms with van der Waals surface area (Å²) in [6.45, 7) is 9.77. The molecule has 3 heteroatoms. The Hall–Kier alpha value is -0.310. The maximum atomic E-state index is 4.31. The van der Waals surface area contributed by atoms with Crippen molar-refractivity contribution in [1.82, 2.24) is 9.78 Å². The molecule has 0 fully saturated rings. The minimum absolute atomic E-state index is 0.205. The lowest BCUT2D eigenvalue weighted by atomic mass is 9.82. The third kappa shape index (κ3) is 2.84. The maximum Gasteiger partial charge on any atom is 0.0527 e. The zero-order valence-electron chi connectivity index (χ0n) is 9.42. The van der Waals surface area contributed by atoms with Gasteiger partial charge in [-0.25, -0.2) is 0 Å². The summed E-state index contributed by atoms with van der Waals surface area (Å²) in [6.07, 6.45) is 5.26. The molecule has 0 aromatic carbocycles. The van der Waals surface area contributed by atoms with Crippen molar-refractivity contribution in [3.05, 3.63) is 18.0 Å². The van der Waals surface area contributed by atoms with Crippen LogP contribution >= 0.6 is 15.9 Å². The summed E-state index contributed by atoms with van der Waals surface area (Å²) in [4.78, 5) is 0.544. The molecule has 0 saturated heterocycles. The van der Waals surface area contributed by atoms with Gasteiger partial charge in [0.05, 0.1) is 6.20 Å². The Morgan fingerprint density at radius 2 is 2.21 bits per heavy atom. The van der Waals surface area contributed by atoms with Crippen LogP contribution in [0.25, 0.3) is 0 Å². The Kier molecular flexibility index (Phi) is 3.76. The molecule has 0 aliphatic rings. The maximum absolute atomic E-state index is 4.31. The quantitative estimate of drug-likeness (QED) is 0.758. The first-order valence-corrected chi connectivity index (χ1v) is 6.04. The summed E-state index contributed by atoms with van der Waals surface area (Å²) in [5.74, 6) is 0. The lowest BCUT2D eigenvalue weighted by Crippen LogP contribution is -2.20. The lowest BCUT2D eigenvalue weighted by molar-refractivity contribution is 0.481.